The van der Waals surface area contributed by atoms with Gasteiger partial charge in [-0.2, -0.15) is 0 Å². The highest BCUT2D eigenvalue weighted by molar-refractivity contribution is 7.10. The lowest BCUT2D eigenvalue weighted by Gasteiger charge is -2.26. The average molecular weight is 437 g/mol. The number of anilines is 1. The van der Waals surface area contributed by atoms with Gasteiger partial charge in [0.05, 0.1) is 18.2 Å². The number of carbonyl (C=O) groups excluding carboxylic acids is 2. The lowest BCUT2D eigenvalue weighted by atomic mass is 9.98. The summed E-state index contributed by atoms with van der Waals surface area (Å²) in [5.41, 5.74) is 2.33. The van der Waals surface area contributed by atoms with Crippen molar-refractivity contribution in [1.29, 1.82) is 0 Å². The largest absolute Gasteiger partial charge is 0.507 e. The van der Waals surface area contributed by atoms with Gasteiger partial charge in [-0.05, 0) is 60.7 Å². The molecule has 0 spiro atoms. The van der Waals surface area contributed by atoms with Crippen molar-refractivity contribution in [2.45, 2.75) is 19.9 Å². The number of carbonyl (C=O) groups is 2. The predicted octanol–water partition coefficient (Wildman–Crippen LogP) is 5.14. The first-order valence-corrected chi connectivity index (χ1v) is 10.5. The minimum Gasteiger partial charge on any atom is -0.507 e. The van der Waals surface area contributed by atoms with E-state index in [2.05, 4.69) is 0 Å². The molecule has 1 aliphatic rings. The van der Waals surface area contributed by atoms with Gasteiger partial charge in [0.1, 0.15) is 23.4 Å². The summed E-state index contributed by atoms with van der Waals surface area (Å²) in [6, 6.07) is 11.9. The van der Waals surface area contributed by atoms with Crippen molar-refractivity contribution in [1.82, 2.24) is 0 Å². The second-order valence-corrected chi connectivity index (χ2v) is 8.23. The van der Waals surface area contributed by atoms with Gasteiger partial charge < -0.3 is 9.84 Å². The molecule has 5 nitrogen and oxygen atoms in total. The van der Waals surface area contributed by atoms with Gasteiger partial charge in [0, 0.05) is 10.6 Å². The van der Waals surface area contributed by atoms with E-state index in [9.17, 15) is 19.1 Å². The first-order chi connectivity index (χ1) is 14.8. The highest BCUT2D eigenvalue weighted by Crippen LogP contribution is 2.45. The molecule has 3 aromatic rings. The number of ketones is 1. The quantitative estimate of drug-likeness (QED) is 0.349. The Labute approximate surface area is 183 Å². The number of hydrogen-bond acceptors (Lipinski definition) is 5. The molecule has 2 aromatic carbocycles. The van der Waals surface area contributed by atoms with Crippen LogP contribution in [0, 0.1) is 19.7 Å². The predicted molar refractivity (Wildman–Crippen MR) is 118 cm³/mol. The molecule has 0 aliphatic carbocycles. The number of Topliss-reactive ketones (excluding diaryl/α,β-unsaturated/α-hetero) is 1. The highest BCUT2D eigenvalue weighted by atomic mass is 32.1. The summed E-state index contributed by atoms with van der Waals surface area (Å²) in [5, 5.41) is 13.0. The maximum atomic E-state index is 14.0. The molecule has 0 saturated carbocycles. The second-order valence-electron chi connectivity index (χ2n) is 7.25. The van der Waals surface area contributed by atoms with Crippen molar-refractivity contribution >= 4 is 34.5 Å². The Balaban J connectivity index is 1.99. The van der Waals surface area contributed by atoms with Crippen molar-refractivity contribution in [2.75, 3.05) is 12.0 Å². The highest BCUT2D eigenvalue weighted by Gasteiger charge is 2.48. The number of ether oxygens (including phenoxy) is 1. The lowest BCUT2D eigenvalue weighted by Crippen LogP contribution is -2.29. The van der Waals surface area contributed by atoms with Gasteiger partial charge in [-0.15, -0.1) is 11.3 Å². The van der Waals surface area contributed by atoms with E-state index in [1.165, 1.54) is 35.5 Å². The van der Waals surface area contributed by atoms with Crippen LogP contribution in [0.4, 0.5) is 10.1 Å². The molecule has 0 radical (unpaired) electrons. The van der Waals surface area contributed by atoms with E-state index in [4.69, 9.17) is 4.74 Å². The molecule has 0 bridgehead atoms. The molecule has 1 saturated heterocycles. The smallest absolute Gasteiger partial charge is 0.300 e. The van der Waals surface area contributed by atoms with Crippen LogP contribution in [-0.2, 0) is 9.59 Å². The summed E-state index contributed by atoms with van der Waals surface area (Å²) >= 11 is 1.37. The molecule has 1 aromatic heterocycles. The van der Waals surface area contributed by atoms with E-state index in [-0.39, 0.29) is 16.9 Å². The van der Waals surface area contributed by atoms with Crippen molar-refractivity contribution in [2.24, 2.45) is 0 Å². The summed E-state index contributed by atoms with van der Waals surface area (Å²) in [6.45, 7) is 3.80. The zero-order chi connectivity index (χ0) is 22.3. The van der Waals surface area contributed by atoms with Crippen LogP contribution >= 0.6 is 11.3 Å². The molecule has 1 atom stereocenters. The first kappa shape index (κ1) is 20.8. The molecule has 31 heavy (non-hydrogen) atoms. The maximum Gasteiger partial charge on any atom is 0.300 e. The van der Waals surface area contributed by atoms with Crippen LogP contribution in [0.5, 0.6) is 5.75 Å². The summed E-state index contributed by atoms with van der Waals surface area (Å²) in [4.78, 5) is 28.4. The van der Waals surface area contributed by atoms with E-state index < -0.39 is 29.3 Å². The fourth-order valence-corrected chi connectivity index (χ4v) is 4.63. The van der Waals surface area contributed by atoms with E-state index in [0.717, 1.165) is 17.2 Å². The minimum atomic E-state index is -0.839. The molecule has 1 unspecified atom stereocenters. The van der Waals surface area contributed by atoms with Crippen LogP contribution in [-0.4, -0.2) is 23.9 Å². The fraction of sp³-hybridized carbons (Fsp3) is 0.167. The third kappa shape index (κ3) is 3.41. The van der Waals surface area contributed by atoms with Crippen LogP contribution in [0.2, 0.25) is 0 Å². The van der Waals surface area contributed by atoms with Crippen molar-refractivity contribution in [3.05, 3.63) is 86.9 Å². The Hall–Kier alpha value is -3.45. The van der Waals surface area contributed by atoms with Crippen molar-refractivity contribution in [3.8, 4) is 5.75 Å². The topological polar surface area (TPSA) is 66.8 Å². The van der Waals surface area contributed by atoms with Gasteiger partial charge in [-0.3, -0.25) is 14.5 Å². The maximum absolute atomic E-state index is 14.0. The van der Waals surface area contributed by atoms with E-state index in [1.807, 2.05) is 37.4 Å². The number of rotatable bonds is 4. The zero-order valence-electron chi connectivity index (χ0n) is 17.2. The Morgan fingerprint density at radius 1 is 1.13 bits per heavy atom. The number of methoxy groups -OCH3 is 1. The number of nitrogens with zero attached hydrogens (tertiary/aromatic N) is 1. The monoisotopic (exact) mass is 437 g/mol. The van der Waals surface area contributed by atoms with Crippen LogP contribution in [0.1, 0.15) is 27.6 Å². The number of benzene rings is 2. The minimum absolute atomic E-state index is 0.0167. The number of aliphatic hydroxyl groups is 1. The average Bonchev–Trinajstić information content (AvgIpc) is 3.37. The molecule has 1 amide bonds. The van der Waals surface area contributed by atoms with Crippen LogP contribution in [0.3, 0.4) is 0 Å². The van der Waals surface area contributed by atoms with E-state index >= 15 is 0 Å². The molecule has 1 N–H and O–H groups in total. The molecular weight excluding hydrogens is 417 g/mol. The number of amides is 1. The SMILES string of the molecule is COc1ccc(F)cc1/C(O)=C1/C(=O)C(=O)N(c2cccc(C)c2C)C1c1cccs1. The van der Waals surface area contributed by atoms with E-state index in [0.29, 0.717) is 10.6 Å². The summed E-state index contributed by atoms with van der Waals surface area (Å²) in [5.74, 6) is -2.45. The Bertz CT molecular complexity index is 1220. The van der Waals surface area contributed by atoms with Crippen LogP contribution < -0.4 is 9.64 Å². The number of aryl methyl sites for hydroxylation is 1. The van der Waals surface area contributed by atoms with Crippen molar-refractivity contribution in [3.63, 3.8) is 0 Å². The molecule has 2 heterocycles. The normalized spacial score (nSPS) is 17.9. The van der Waals surface area contributed by atoms with Gasteiger partial charge in [0.2, 0.25) is 0 Å². The van der Waals surface area contributed by atoms with Crippen LogP contribution in [0.25, 0.3) is 5.76 Å². The standard InChI is InChI=1S/C24H20FNO4S/c1-13-6-4-7-17(14(13)2)26-21(19-8-5-11-31-19)20(23(28)24(26)29)22(27)16-12-15(25)9-10-18(16)30-3/h4-12,21,27H,1-3H3/b22-20-. The van der Waals surface area contributed by atoms with Gasteiger partial charge in [-0.25, -0.2) is 4.39 Å². The zero-order valence-corrected chi connectivity index (χ0v) is 18.0. The second kappa shape index (κ2) is 8.00. The fourth-order valence-electron chi connectivity index (χ4n) is 3.80. The summed E-state index contributed by atoms with van der Waals surface area (Å²) in [7, 11) is 1.38. The molecular formula is C24H20FNO4S. The first-order valence-electron chi connectivity index (χ1n) is 9.59. The number of thiophene rings is 1. The molecule has 1 fully saturated rings. The van der Waals surface area contributed by atoms with Crippen molar-refractivity contribution < 1.29 is 23.8 Å². The molecule has 4 rings (SSSR count). The Morgan fingerprint density at radius 3 is 2.58 bits per heavy atom. The molecule has 7 heteroatoms. The third-order valence-electron chi connectivity index (χ3n) is 5.51. The Morgan fingerprint density at radius 2 is 1.90 bits per heavy atom. The summed E-state index contributed by atoms with van der Waals surface area (Å²) in [6.07, 6.45) is 0. The molecule has 158 valence electrons. The van der Waals surface area contributed by atoms with Gasteiger partial charge in [0.15, 0.2) is 0 Å². The number of halogens is 1. The molecule has 1 aliphatic heterocycles. The van der Waals surface area contributed by atoms with Gasteiger partial charge >= 0.3 is 0 Å². The van der Waals surface area contributed by atoms with Gasteiger partial charge in [0.25, 0.3) is 11.7 Å². The van der Waals surface area contributed by atoms with Crippen LogP contribution in [0.15, 0.2) is 59.5 Å². The lowest BCUT2D eigenvalue weighted by molar-refractivity contribution is -0.132. The Kier molecular flexibility index (Phi) is 5.37. The van der Waals surface area contributed by atoms with Gasteiger partial charge in [-0.1, -0.05) is 18.2 Å². The number of aliphatic hydroxyl groups excluding tert-OH is 1. The number of hydrogen-bond donors (Lipinski definition) is 1. The third-order valence-corrected chi connectivity index (χ3v) is 6.43. The summed E-state index contributed by atoms with van der Waals surface area (Å²) < 4.78 is 19.2. The van der Waals surface area contributed by atoms with E-state index in [1.54, 1.807) is 12.1 Å².